The first kappa shape index (κ1) is 16.7. The molecule has 0 nitrogen and oxygen atoms in total. The van der Waals surface area contributed by atoms with Gasteiger partial charge in [0.05, 0.1) is 0 Å². The molecular weight excluding hydrogens is 216 g/mol. The SMILES string of the molecule is CC=CC(C)=CCCC(C)=CCCC=C=CCC. The summed E-state index contributed by atoms with van der Waals surface area (Å²) in [4.78, 5) is 0. The molecule has 0 amide bonds. The highest BCUT2D eigenvalue weighted by Gasteiger charge is 1.89. The molecule has 0 radical (unpaired) electrons. The van der Waals surface area contributed by atoms with Gasteiger partial charge in [0.1, 0.15) is 0 Å². The summed E-state index contributed by atoms with van der Waals surface area (Å²) in [6, 6.07) is 0. The van der Waals surface area contributed by atoms with E-state index in [1.807, 2.05) is 0 Å². The Kier molecular flexibility index (Phi) is 11.3. The minimum Gasteiger partial charge on any atom is -0.130 e. The number of unbranched alkanes of at least 4 members (excludes halogenated alkanes) is 1. The molecular formula is C18H28. The standard InChI is InChI=1S/C18H28/c1-5-7-8-9-10-11-14-18(4)16-12-15-17(3)13-6-2/h6-7,9,13-15H,5,10-12,16H2,1-4H3. The Morgan fingerprint density at radius 3 is 2.44 bits per heavy atom. The molecule has 0 N–H and O–H groups in total. The quantitative estimate of drug-likeness (QED) is 0.208. The molecule has 0 aliphatic rings. The van der Waals surface area contributed by atoms with E-state index >= 15 is 0 Å². The first-order valence-electron chi connectivity index (χ1n) is 7.05. The van der Waals surface area contributed by atoms with Gasteiger partial charge >= 0.3 is 0 Å². The van der Waals surface area contributed by atoms with Crippen molar-refractivity contribution < 1.29 is 0 Å². The molecule has 100 valence electrons. The van der Waals surface area contributed by atoms with Gasteiger partial charge in [-0.3, -0.25) is 0 Å². The highest BCUT2D eigenvalue weighted by atomic mass is 13.9. The fourth-order valence-electron chi connectivity index (χ4n) is 1.66. The number of hydrogen-bond acceptors (Lipinski definition) is 0. The highest BCUT2D eigenvalue weighted by Crippen LogP contribution is 2.09. The van der Waals surface area contributed by atoms with Gasteiger partial charge in [0.15, 0.2) is 0 Å². The highest BCUT2D eigenvalue weighted by molar-refractivity contribution is 5.15. The Labute approximate surface area is 113 Å². The molecule has 0 fully saturated rings. The van der Waals surface area contributed by atoms with E-state index in [1.54, 1.807) is 0 Å². The van der Waals surface area contributed by atoms with Gasteiger partial charge in [0.25, 0.3) is 0 Å². The van der Waals surface area contributed by atoms with Crippen LogP contribution in [0.25, 0.3) is 0 Å². The van der Waals surface area contributed by atoms with E-state index < -0.39 is 0 Å². The van der Waals surface area contributed by atoms with Crippen LogP contribution in [-0.2, 0) is 0 Å². The summed E-state index contributed by atoms with van der Waals surface area (Å²) in [5, 5.41) is 0. The van der Waals surface area contributed by atoms with Crippen molar-refractivity contribution in [2.75, 3.05) is 0 Å². The second-order valence-corrected chi connectivity index (χ2v) is 4.60. The zero-order valence-electron chi connectivity index (χ0n) is 12.5. The van der Waals surface area contributed by atoms with Gasteiger partial charge in [-0.1, -0.05) is 42.4 Å². The van der Waals surface area contributed by atoms with Crippen molar-refractivity contribution in [3.05, 3.63) is 53.3 Å². The molecule has 0 spiro atoms. The first-order chi connectivity index (χ1) is 8.70. The lowest BCUT2D eigenvalue weighted by atomic mass is 10.1. The Balaban J connectivity index is 3.85. The molecule has 0 aliphatic carbocycles. The van der Waals surface area contributed by atoms with E-state index in [0.29, 0.717) is 0 Å². The second-order valence-electron chi connectivity index (χ2n) is 4.60. The average molecular weight is 244 g/mol. The van der Waals surface area contributed by atoms with Crippen molar-refractivity contribution in [2.24, 2.45) is 0 Å². The predicted molar refractivity (Wildman–Crippen MR) is 83.7 cm³/mol. The summed E-state index contributed by atoms with van der Waals surface area (Å²) < 4.78 is 0. The van der Waals surface area contributed by atoms with Gasteiger partial charge in [0.2, 0.25) is 0 Å². The van der Waals surface area contributed by atoms with E-state index in [2.05, 4.69) is 69.9 Å². The largest absolute Gasteiger partial charge is 0.130 e. The minimum atomic E-state index is 1.07. The van der Waals surface area contributed by atoms with Crippen molar-refractivity contribution in [2.45, 2.75) is 59.8 Å². The normalized spacial score (nSPS) is 12.7. The lowest BCUT2D eigenvalue weighted by Gasteiger charge is -1.98. The Morgan fingerprint density at radius 2 is 1.78 bits per heavy atom. The number of allylic oxidation sites excluding steroid dienone is 7. The van der Waals surface area contributed by atoms with Crippen molar-refractivity contribution >= 4 is 0 Å². The van der Waals surface area contributed by atoms with Crippen molar-refractivity contribution in [1.82, 2.24) is 0 Å². The summed E-state index contributed by atoms with van der Waals surface area (Å²) in [6.07, 6.45) is 18.7. The maximum Gasteiger partial charge on any atom is -0.0240 e. The van der Waals surface area contributed by atoms with Crippen LogP contribution in [0.3, 0.4) is 0 Å². The smallest absolute Gasteiger partial charge is 0.0240 e. The monoisotopic (exact) mass is 244 g/mol. The summed E-state index contributed by atoms with van der Waals surface area (Å²) >= 11 is 0. The fourth-order valence-corrected chi connectivity index (χ4v) is 1.66. The zero-order chi connectivity index (χ0) is 13.6. The minimum absolute atomic E-state index is 1.07. The van der Waals surface area contributed by atoms with Gasteiger partial charge in [-0.05, 0) is 65.0 Å². The van der Waals surface area contributed by atoms with Crippen LogP contribution in [-0.4, -0.2) is 0 Å². The topological polar surface area (TPSA) is 0 Å². The molecule has 0 saturated heterocycles. The van der Waals surface area contributed by atoms with Crippen LogP contribution < -0.4 is 0 Å². The van der Waals surface area contributed by atoms with Gasteiger partial charge in [-0.25, -0.2) is 0 Å². The van der Waals surface area contributed by atoms with Crippen LogP contribution in [0, 0.1) is 0 Å². The Hall–Kier alpha value is -1.26. The molecule has 18 heavy (non-hydrogen) atoms. The van der Waals surface area contributed by atoms with Crippen LogP contribution in [0.15, 0.2) is 53.3 Å². The molecule has 0 heteroatoms. The van der Waals surface area contributed by atoms with Crippen LogP contribution in [0.1, 0.15) is 59.8 Å². The van der Waals surface area contributed by atoms with Gasteiger partial charge in [-0.2, -0.15) is 0 Å². The zero-order valence-corrected chi connectivity index (χ0v) is 12.5. The van der Waals surface area contributed by atoms with Crippen molar-refractivity contribution in [3.63, 3.8) is 0 Å². The predicted octanol–water partition coefficient (Wildman–Crippen LogP) is 6.14. The molecule has 0 aromatic heterocycles. The van der Waals surface area contributed by atoms with E-state index in [-0.39, 0.29) is 0 Å². The van der Waals surface area contributed by atoms with Gasteiger partial charge in [-0.15, -0.1) is 5.73 Å². The summed E-state index contributed by atoms with van der Waals surface area (Å²) in [5.74, 6) is 0. The summed E-state index contributed by atoms with van der Waals surface area (Å²) in [6.45, 7) is 8.57. The Bertz CT molecular complexity index is 344. The van der Waals surface area contributed by atoms with E-state index in [0.717, 1.165) is 25.7 Å². The second kappa shape index (κ2) is 12.2. The molecule has 0 saturated carbocycles. The van der Waals surface area contributed by atoms with Crippen LogP contribution in [0.4, 0.5) is 0 Å². The third-order valence-corrected chi connectivity index (χ3v) is 2.68. The first-order valence-corrected chi connectivity index (χ1v) is 7.05. The van der Waals surface area contributed by atoms with Crippen molar-refractivity contribution in [3.8, 4) is 0 Å². The molecule has 0 atom stereocenters. The number of rotatable bonds is 8. The summed E-state index contributed by atoms with van der Waals surface area (Å²) in [7, 11) is 0. The molecule has 0 aromatic carbocycles. The lowest BCUT2D eigenvalue weighted by Crippen LogP contribution is -1.78. The maximum atomic E-state index is 3.18. The Morgan fingerprint density at radius 1 is 1.00 bits per heavy atom. The van der Waals surface area contributed by atoms with Crippen LogP contribution in [0.2, 0.25) is 0 Å². The van der Waals surface area contributed by atoms with Crippen LogP contribution in [0.5, 0.6) is 0 Å². The molecule has 0 aromatic rings. The maximum absolute atomic E-state index is 3.18. The van der Waals surface area contributed by atoms with Crippen LogP contribution >= 0.6 is 0 Å². The third kappa shape index (κ3) is 11.2. The average Bonchev–Trinajstić information content (AvgIpc) is 2.34. The molecule has 0 aliphatic heterocycles. The third-order valence-electron chi connectivity index (χ3n) is 2.68. The van der Waals surface area contributed by atoms with E-state index in [4.69, 9.17) is 0 Å². The van der Waals surface area contributed by atoms with Gasteiger partial charge < -0.3 is 0 Å². The number of hydrogen-bond donors (Lipinski definition) is 0. The summed E-state index contributed by atoms with van der Waals surface area (Å²) in [5.41, 5.74) is 6.04. The van der Waals surface area contributed by atoms with Crippen molar-refractivity contribution in [1.29, 1.82) is 0 Å². The fraction of sp³-hybridized carbons (Fsp3) is 0.500. The molecule has 0 unspecified atom stereocenters. The lowest BCUT2D eigenvalue weighted by molar-refractivity contribution is 0.939. The molecule has 0 heterocycles. The van der Waals surface area contributed by atoms with Gasteiger partial charge in [0, 0.05) is 0 Å². The van der Waals surface area contributed by atoms with E-state index in [1.165, 1.54) is 17.6 Å². The molecule has 0 rings (SSSR count). The molecule has 0 bridgehead atoms. The van der Waals surface area contributed by atoms with E-state index in [9.17, 15) is 0 Å².